The van der Waals surface area contributed by atoms with Crippen LogP contribution in [0.25, 0.3) is 0 Å². The molecular formula is C30H40FN5O4. The fourth-order valence-corrected chi connectivity index (χ4v) is 5.98. The first-order valence-corrected chi connectivity index (χ1v) is 14.2. The zero-order chi connectivity index (χ0) is 28.6. The summed E-state index contributed by atoms with van der Waals surface area (Å²) in [5.74, 6) is -0.422. The van der Waals surface area contributed by atoms with Gasteiger partial charge in [0, 0.05) is 62.0 Å². The minimum Gasteiger partial charge on any atom is -0.384 e. The van der Waals surface area contributed by atoms with E-state index in [-0.39, 0.29) is 54.4 Å². The molecule has 0 saturated carbocycles. The second kappa shape index (κ2) is 11.5. The van der Waals surface area contributed by atoms with Crippen LogP contribution < -0.4 is 10.2 Å². The number of piperazine rings is 1. The van der Waals surface area contributed by atoms with Crippen LogP contribution in [0.15, 0.2) is 36.5 Å². The lowest BCUT2D eigenvalue weighted by molar-refractivity contribution is -0.150. The number of aliphatic hydroxyl groups is 1. The molecule has 2 fully saturated rings. The maximum Gasteiger partial charge on any atom is 0.248 e. The molecule has 9 nitrogen and oxygen atoms in total. The van der Waals surface area contributed by atoms with E-state index in [4.69, 9.17) is 4.74 Å². The van der Waals surface area contributed by atoms with Gasteiger partial charge in [-0.25, -0.2) is 4.39 Å². The van der Waals surface area contributed by atoms with Gasteiger partial charge in [-0.2, -0.15) is 0 Å². The summed E-state index contributed by atoms with van der Waals surface area (Å²) in [7, 11) is 0. The highest BCUT2D eigenvalue weighted by molar-refractivity contribution is 5.97. The Labute approximate surface area is 235 Å². The van der Waals surface area contributed by atoms with Crippen molar-refractivity contribution in [3.63, 3.8) is 0 Å². The molecule has 3 aliphatic heterocycles. The zero-order valence-electron chi connectivity index (χ0n) is 23.8. The largest absolute Gasteiger partial charge is 0.384 e. The molecular weight excluding hydrogens is 513 g/mol. The number of hydrogen-bond acceptors (Lipinski definition) is 7. The number of rotatable bonds is 7. The van der Waals surface area contributed by atoms with Gasteiger partial charge in [-0.05, 0) is 37.1 Å². The summed E-state index contributed by atoms with van der Waals surface area (Å²) >= 11 is 0. The summed E-state index contributed by atoms with van der Waals surface area (Å²) in [6.45, 7) is 11.6. The van der Waals surface area contributed by atoms with Crippen LogP contribution in [0.1, 0.15) is 57.0 Å². The molecule has 5 rings (SSSR count). The fraction of sp³-hybridized carbons (Fsp3) is 0.567. The van der Waals surface area contributed by atoms with Gasteiger partial charge in [0.15, 0.2) is 0 Å². The summed E-state index contributed by atoms with van der Waals surface area (Å²) in [6.07, 6.45) is 1.54. The van der Waals surface area contributed by atoms with Gasteiger partial charge in [0.05, 0.1) is 24.0 Å². The average molecular weight is 554 g/mol. The van der Waals surface area contributed by atoms with Crippen LogP contribution >= 0.6 is 0 Å². The first-order chi connectivity index (χ1) is 19.1. The Balaban J connectivity index is 1.35. The summed E-state index contributed by atoms with van der Waals surface area (Å²) in [5.41, 5.74) is 2.26. The summed E-state index contributed by atoms with van der Waals surface area (Å²) in [4.78, 5) is 37.0. The highest BCUT2D eigenvalue weighted by Crippen LogP contribution is 2.40. The number of benzene rings is 1. The maximum absolute atomic E-state index is 13.9. The third kappa shape index (κ3) is 5.90. The van der Waals surface area contributed by atoms with E-state index >= 15 is 0 Å². The Morgan fingerprint density at radius 3 is 2.73 bits per heavy atom. The number of aliphatic hydroxyl groups excluding tert-OH is 1. The minimum atomic E-state index is -0.990. The van der Waals surface area contributed by atoms with Crippen molar-refractivity contribution in [3.05, 3.63) is 59.2 Å². The van der Waals surface area contributed by atoms with E-state index in [1.54, 1.807) is 23.2 Å². The quantitative estimate of drug-likeness (QED) is 0.543. The number of anilines is 1. The van der Waals surface area contributed by atoms with Crippen molar-refractivity contribution < 1.29 is 23.8 Å². The van der Waals surface area contributed by atoms with Crippen LogP contribution in [-0.2, 0) is 19.7 Å². The molecule has 10 heteroatoms. The van der Waals surface area contributed by atoms with Crippen molar-refractivity contribution in [2.24, 2.45) is 0 Å². The number of ether oxygens (including phenoxy) is 1. The highest BCUT2D eigenvalue weighted by Gasteiger charge is 2.41. The molecule has 4 heterocycles. The molecule has 2 saturated heterocycles. The van der Waals surface area contributed by atoms with Gasteiger partial charge in [-0.15, -0.1) is 0 Å². The van der Waals surface area contributed by atoms with Gasteiger partial charge in [-0.1, -0.05) is 32.9 Å². The van der Waals surface area contributed by atoms with Crippen LogP contribution in [0.2, 0.25) is 0 Å². The monoisotopic (exact) mass is 553 g/mol. The lowest BCUT2D eigenvalue weighted by Gasteiger charge is -2.43. The van der Waals surface area contributed by atoms with E-state index in [1.807, 2.05) is 11.0 Å². The van der Waals surface area contributed by atoms with Gasteiger partial charge >= 0.3 is 0 Å². The topological polar surface area (TPSA) is 98.2 Å². The average Bonchev–Trinajstić information content (AvgIpc) is 3.21. The number of fused-ring (bicyclic) bond motifs is 1. The Morgan fingerprint density at radius 1 is 1.25 bits per heavy atom. The van der Waals surface area contributed by atoms with Gasteiger partial charge in [-0.3, -0.25) is 19.5 Å². The molecule has 1 aromatic heterocycles. The van der Waals surface area contributed by atoms with Crippen molar-refractivity contribution >= 4 is 17.5 Å². The second-order valence-electron chi connectivity index (χ2n) is 12.0. The Hall–Kier alpha value is -2.92. The van der Waals surface area contributed by atoms with Gasteiger partial charge < -0.3 is 25.0 Å². The van der Waals surface area contributed by atoms with Crippen molar-refractivity contribution in [2.75, 3.05) is 50.8 Å². The molecule has 2 N–H and O–H groups in total. The van der Waals surface area contributed by atoms with Crippen LogP contribution in [0.4, 0.5) is 10.1 Å². The predicted molar refractivity (Wildman–Crippen MR) is 150 cm³/mol. The summed E-state index contributed by atoms with van der Waals surface area (Å²) in [6, 6.07) is 7.78. The first kappa shape index (κ1) is 28.6. The number of amides is 2. The van der Waals surface area contributed by atoms with Gasteiger partial charge in [0.2, 0.25) is 11.8 Å². The standard InChI is InChI=1S/C30H40FN5O4/c1-5-24-15-35(27(38)17-40-24)14-23-12-32-19(2)13-34(23)16-26(37)36-18-30(3,4)29-25(36)10-21(11-33-29)28(39)20-6-8-22(31)9-7-20/h6-11,19,23-24,28,32,39H,5,12-18H2,1-4H3/t19-,23-,24?,28+/m1/s1. The molecule has 0 radical (unpaired) electrons. The van der Waals surface area contributed by atoms with E-state index < -0.39 is 6.10 Å². The molecule has 4 atom stereocenters. The molecule has 1 unspecified atom stereocenters. The third-order valence-electron chi connectivity index (χ3n) is 8.35. The minimum absolute atomic E-state index is 0.000419. The Kier molecular flexibility index (Phi) is 8.24. The lowest BCUT2D eigenvalue weighted by Crippen LogP contribution is -2.62. The van der Waals surface area contributed by atoms with Crippen molar-refractivity contribution in [1.82, 2.24) is 20.1 Å². The molecule has 2 aromatic rings. The predicted octanol–water partition coefficient (Wildman–Crippen LogP) is 2.23. The first-order valence-electron chi connectivity index (χ1n) is 14.2. The number of nitrogens with one attached hydrogen (secondary N) is 1. The molecule has 3 aliphatic rings. The van der Waals surface area contributed by atoms with E-state index in [2.05, 4.69) is 42.9 Å². The van der Waals surface area contributed by atoms with E-state index in [9.17, 15) is 19.1 Å². The number of pyridine rings is 1. The summed E-state index contributed by atoms with van der Waals surface area (Å²) < 4.78 is 19.0. The van der Waals surface area contributed by atoms with Crippen LogP contribution in [-0.4, -0.2) is 95.8 Å². The molecule has 40 heavy (non-hydrogen) atoms. The zero-order valence-corrected chi connectivity index (χ0v) is 23.8. The molecule has 2 amide bonds. The number of aromatic nitrogens is 1. The molecule has 216 valence electrons. The second-order valence-corrected chi connectivity index (χ2v) is 12.0. The van der Waals surface area contributed by atoms with Gasteiger partial charge in [0.1, 0.15) is 18.5 Å². The smallest absolute Gasteiger partial charge is 0.248 e. The number of nitrogens with zero attached hydrogens (tertiary/aromatic N) is 4. The van der Waals surface area contributed by atoms with Crippen LogP contribution in [0.5, 0.6) is 0 Å². The molecule has 0 bridgehead atoms. The number of carbonyl (C=O) groups excluding carboxylic acids is 2. The normalized spacial score (nSPS) is 25.6. The van der Waals surface area contributed by atoms with E-state index in [0.717, 1.165) is 12.1 Å². The van der Waals surface area contributed by atoms with Crippen molar-refractivity contribution in [3.8, 4) is 0 Å². The number of morpholine rings is 1. The Morgan fingerprint density at radius 2 is 2.00 bits per heavy atom. The molecule has 1 aromatic carbocycles. The Bertz CT molecular complexity index is 1240. The number of carbonyl (C=O) groups is 2. The van der Waals surface area contributed by atoms with E-state index in [0.29, 0.717) is 49.5 Å². The van der Waals surface area contributed by atoms with Crippen molar-refractivity contribution in [2.45, 2.75) is 63.8 Å². The number of halogens is 1. The van der Waals surface area contributed by atoms with E-state index in [1.165, 1.54) is 12.1 Å². The summed E-state index contributed by atoms with van der Waals surface area (Å²) in [5, 5.41) is 14.5. The highest BCUT2D eigenvalue weighted by atomic mass is 19.1. The van der Waals surface area contributed by atoms with Crippen LogP contribution in [0.3, 0.4) is 0 Å². The lowest BCUT2D eigenvalue weighted by atomic mass is 9.90. The number of hydrogen-bond donors (Lipinski definition) is 2. The van der Waals surface area contributed by atoms with Crippen molar-refractivity contribution in [1.29, 1.82) is 0 Å². The molecule has 0 spiro atoms. The SMILES string of the molecule is CCC1CN(C[C@H]2CN[C@H](C)CN2CC(=O)N2CC(C)(C)c3ncc([C@@H](O)c4ccc(F)cc4)cc32)C(=O)CO1. The van der Waals surface area contributed by atoms with Gasteiger partial charge in [0.25, 0.3) is 0 Å². The molecule has 0 aliphatic carbocycles. The van der Waals surface area contributed by atoms with Crippen LogP contribution in [0, 0.1) is 5.82 Å². The fourth-order valence-electron chi connectivity index (χ4n) is 5.98. The third-order valence-corrected chi connectivity index (χ3v) is 8.35. The maximum atomic E-state index is 13.9.